The zero-order valence-corrected chi connectivity index (χ0v) is 22.8. The van der Waals surface area contributed by atoms with Gasteiger partial charge in [-0.05, 0) is 6.42 Å². The molecule has 0 bridgehead atoms. The van der Waals surface area contributed by atoms with E-state index in [9.17, 15) is 35.1 Å². The predicted molar refractivity (Wildman–Crippen MR) is 146 cm³/mol. The van der Waals surface area contributed by atoms with Crippen LogP contribution in [-0.2, 0) is 20.8 Å². The smallest absolute Gasteiger partial charge is 0.351 e. The van der Waals surface area contributed by atoms with Crippen molar-refractivity contribution in [1.29, 1.82) is 0 Å². The number of aliphatic hydroxyl groups excluding tert-OH is 4. The Balaban J connectivity index is 1.38. The van der Waals surface area contributed by atoms with Gasteiger partial charge in [-0.3, -0.25) is 18.8 Å². The fourth-order valence-corrected chi connectivity index (χ4v) is 5.24. The number of carbonyl (C=O) groups is 1. The second-order valence-electron chi connectivity index (χ2n) is 10.6. The first kappa shape index (κ1) is 30.6. The van der Waals surface area contributed by atoms with Gasteiger partial charge in [0.25, 0.3) is 0 Å². The lowest BCUT2D eigenvalue weighted by Crippen LogP contribution is -2.42. The van der Waals surface area contributed by atoms with Gasteiger partial charge < -0.3 is 52.2 Å². The van der Waals surface area contributed by atoms with Crippen molar-refractivity contribution in [3.05, 3.63) is 34.9 Å². The number of hydrogen-bond donors (Lipinski definition) is 8. The van der Waals surface area contributed by atoms with E-state index in [2.05, 4.69) is 19.9 Å². The highest BCUT2D eigenvalue weighted by molar-refractivity contribution is 5.81. The van der Waals surface area contributed by atoms with Gasteiger partial charge in [-0.15, -0.1) is 0 Å². The van der Waals surface area contributed by atoms with Crippen molar-refractivity contribution in [2.24, 2.45) is 5.73 Å². The normalized spacial score (nSPS) is 28.2. The van der Waals surface area contributed by atoms with E-state index in [1.54, 1.807) is 4.90 Å². The molecule has 234 valence electrons. The van der Waals surface area contributed by atoms with Crippen molar-refractivity contribution >= 4 is 28.8 Å². The van der Waals surface area contributed by atoms with Crippen molar-refractivity contribution < 1.29 is 39.8 Å². The summed E-state index contributed by atoms with van der Waals surface area (Å²) >= 11 is 0. The van der Waals surface area contributed by atoms with E-state index in [1.165, 1.54) is 23.4 Å². The maximum absolute atomic E-state index is 12.6. The molecule has 5 heterocycles. The lowest BCUT2D eigenvalue weighted by atomic mass is 10.1. The first-order valence-electron chi connectivity index (χ1n) is 13.5. The lowest BCUT2D eigenvalue weighted by Gasteiger charge is -2.28. The third-order valence-corrected chi connectivity index (χ3v) is 7.66. The van der Waals surface area contributed by atoms with Crippen LogP contribution in [0.4, 0.5) is 11.6 Å². The highest BCUT2D eigenvalue weighted by Crippen LogP contribution is 2.33. The molecule has 0 amide bonds. The number of nitrogens with zero attached hydrogens (tertiary/aromatic N) is 7. The Morgan fingerprint density at radius 2 is 1.86 bits per heavy atom. The molecule has 8 atom stereocenters. The molecule has 0 aliphatic carbocycles. The van der Waals surface area contributed by atoms with E-state index in [-0.39, 0.29) is 49.8 Å². The predicted octanol–water partition coefficient (Wildman–Crippen LogP) is -3.89. The quantitative estimate of drug-likeness (QED) is 0.103. The number of carboxylic acids is 1. The molecule has 0 saturated carbocycles. The number of aliphatic hydroxyl groups is 4. The number of rotatable bonds is 11. The maximum atomic E-state index is 12.6. The van der Waals surface area contributed by atoms with E-state index < -0.39 is 67.3 Å². The van der Waals surface area contributed by atoms with Gasteiger partial charge in [0.2, 0.25) is 0 Å². The summed E-state index contributed by atoms with van der Waals surface area (Å²) in [4.78, 5) is 41.8. The van der Waals surface area contributed by atoms with Crippen LogP contribution in [0.3, 0.4) is 0 Å². The number of fused-ring (bicyclic) bond motifs is 1. The fraction of sp³-hybridized carbons (Fsp3) is 0.583. The van der Waals surface area contributed by atoms with Gasteiger partial charge in [0.05, 0.1) is 19.0 Å². The van der Waals surface area contributed by atoms with Crippen molar-refractivity contribution in [2.75, 3.05) is 31.2 Å². The molecule has 19 heteroatoms. The van der Waals surface area contributed by atoms with E-state index >= 15 is 0 Å². The number of imidazole rings is 1. The average Bonchev–Trinajstić information content (AvgIpc) is 3.64. The monoisotopic (exact) mass is 606 g/mol. The van der Waals surface area contributed by atoms with Gasteiger partial charge in [0, 0.05) is 37.8 Å². The highest BCUT2D eigenvalue weighted by Gasteiger charge is 2.45. The molecule has 19 nitrogen and oxygen atoms in total. The second-order valence-corrected chi connectivity index (χ2v) is 10.6. The zero-order chi connectivity index (χ0) is 31.0. The summed E-state index contributed by atoms with van der Waals surface area (Å²) in [5.74, 6) is -1.17. The number of carboxylic acid groups (broad SMARTS) is 1. The van der Waals surface area contributed by atoms with Gasteiger partial charge in [-0.1, -0.05) is 0 Å². The molecule has 3 aromatic heterocycles. The number of aromatic nitrogens is 6. The van der Waals surface area contributed by atoms with Crippen LogP contribution in [0, 0.1) is 0 Å². The Kier molecular flexibility index (Phi) is 8.85. The summed E-state index contributed by atoms with van der Waals surface area (Å²) < 4.78 is 14.2. The van der Waals surface area contributed by atoms with Crippen LogP contribution in [0.15, 0.2) is 23.6 Å². The Bertz CT molecular complexity index is 1520. The van der Waals surface area contributed by atoms with E-state index in [1.807, 2.05) is 0 Å². The molecule has 2 fully saturated rings. The number of anilines is 2. The largest absolute Gasteiger partial charge is 0.480 e. The van der Waals surface area contributed by atoms with Crippen molar-refractivity contribution in [1.82, 2.24) is 34.0 Å². The van der Waals surface area contributed by atoms with Crippen LogP contribution in [0.25, 0.3) is 11.2 Å². The van der Waals surface area contributed by atoms with Gasteiger partial charge in [-0.2, -0.15) is 4.98 Å². The molecular formula is C24H34N10O9. The molecule has 0 spiro atoms. The fourth-order valence-electron chi connectivity index (χ4n) is 5.24. The minimum absolute atomic E-state index is 0.00919. The molecule has 0 aromatic carbocycles. The number of aliphatic carboxylic acids is 1. The average molecular weight is 607 g/mol. The molecular weight excluding hydrogens is 572 g/mol. The summed E-state index contributed by atoms with van der Waals surface area (Å²) in [6.45, 7) is -0.350. The Morgan fingerprint density at radius 3 is 2.56 bits per heavy atom. The SMILES string of the molecule is Nc1nc(=O)n([C@H]2C[C@H](O)[C@@H](CO)O2)cc1CN(CC[C@H](N)C(=O)O)CC1O[C@@H](n2cnc3c(N)ncnc32)[C@H](O)[C@@H]1O. The van der Waals surface area contributed by atoms with Gasteiger partial charge >= 0.3 is 11.7 Å². The molecule has 0 radical (unpaired) electrons. The zero-order valence-electron chi connectivity index (χ0n) is 22.8. The third-order valence-electron chi connectivity index (χ3n) is 7.66. The third kappa shape index (κ3) is 6.15. The van der Waals surface area contributed by atoms with Gasteiger partial charge in [0.15, 0.2) is 17.7 Å². The Labute approximate surface area is 243 Å². The van der Waals surface area contributed by atoms with Gasteiger partial charge in [0.1, 0.15) is 54.3 Å². The van der Waals surface area contributed by atoms with Crippen LogP contribution in [-0.4, -0.2) is 122 Å². The van der Waals surface area contributed by atoms with Crippen LogP contribution in [0.1, 0.15) is 30.9 Å². The van der Waals surface area contributed by atoms with Gasteiger partial charge in [-0.25, -0.2) is 19.7 Å². The summed E-state index contributed by atoms with van der Waals surface area (Å²) in [7, 11) is 0. The lowest BCUT2D eigenvalue weighted by molar-refractivity contribution is -0.138. The molecule has 3 aromatic rings. The first-order valence-corrected chi connectivity index (χ1v) is 13.5. The summed E-state index contributed by atoms with van der Waals surface area (Å²) in [6.07, 6.45) is -3.53. The molecule has 43 heavy (non-hydrogen) atoms. The number of ether oxygens (including phenoxy) is 2. The second kappa shape index (κ2) is 12.4. The van der Waals surface area contributed by atoms with E-state index in [0.29, 0.717) is 11.1 Å². The highest BCUT2D eigenvalue weighted by atomic mass is 16.6. The number of nitrogens with two attached hydrogens (primary N) is 3. The number of nitrogen functional groups attached to an aromatic ring is 2. The minimum Gasteiger partial charge on any atom is -0.480 e. The molecule has 2 aliphatic heterocycles. The molecule has 5 rings (SSSR count). The standard InChI is InChI=1S/C24H34N10O9/c25-11(23(39)40)1-2-32(4-10-5-33(24(41)31-19(10)26)15-3-12(36)14(7-35)42-15)6-13-17(37)18(38)22(43-13)34-9-30-16-20(27)28-8-29-21(16)34/h5,8-9,11-15,17-18,22,35-38H,1-4,6-7,25H2,(H,39,40)(H2,26,31,41)(H2,27,28,29)/t11-,12-,13?,14+,15+,17+,18+,22+/m0/s1. The number of hydrogen-bond acceptors (Lipinski definition) is 16. The topological polar surface area (TPSA) is 296 Å². The maximum Gasteiger partial charge on any atom is 0.351 e. The van der Waals surface area contributed by atoms with Crippen molar-refractivity contribution in [3.8, 4) is 0 Å². The minimum atomic E-state index is -1.39. The molecule has 2 aliphatic rings. The van der Waals surface area contributed by atoms with E-state index in [0.717, 1.165) is 4.57 Å². The van der Waals surface area contributed by atoms with Crippen molar-refractivity contribution in [3.63, 3.8) is 0 Å². The first-order chi connectivity index (χ1) is 20.5. The Hall–Kier alpha value is -3.82. The summed E-state index contributed by atoms with van der Waals surface area (Å²) in [5.41, 5.74) is 17.9. The van der Waals surface area contributed by atoms with Crippen molar-refractivity contribution in [2.45, 2.75) is 68.4 Å². The summed E-state index contributed by atoms with van der Waals surface area (Å²) in [6, 6.07) is -1.19. The van der Waals surface area contributed by atoms with Crippen LogP contribution in [0.2, 0.25) is 0 Å². The summed E-state index contributed by atoms with van der Waals surface area (Å²) in [5, 5.41) is 50.7. The Morgan fingerprint density at radius 1 is 1.09 bits per heavy atom. The van der Waals surface area contributed by atoms with Crippen LogP contribution >= 0.6 is 0 Å². The molecule has 1 unspecified atom stereocenters. The molecule has 11 N–H and O–H groups in total. The van der Waals surface area contributed by atoms with Crippen LogP contribution < -0.4 is 22.9 Å². The molecule has 2 saturated heterocycles. The van der Waals surface area contributed by atoms with E-state index in [4.69, 9.17) is 26.7 Å². The van der Waals surface area contributed by atoms with Crippen LogP contribution in [0.5, 0.6) is 0 Å².